The van der Waals surface area contributed by atoms with Gasteiger partial charge in [-0.15, -0.1) is 0 Å². The maximum atomic E-state index is 12.5. The van der Waals surface area contributed by atoms with E-state index in [4.69, 9.17) is 10.5 Å². The molecular formula is C14H17BrN2O3. The first-order chi connectivity index (χ1) is 9.52. The highest BCUT2D eigenvalue weighted by Crippen LogP contribution is 2.29. The maximum absolute atomic E-state index is 12.5. The quantitative estimate of drug-likeness (QED) is 0.658. The van der Waals surface area contributed by atoms with E-state index in [0.29, 0.717) is 22.3 Å². The third-order valence-corrected chi connectivity index (χ3v) is 3.79. The molecule has 2 N–H and O–H groups in total. The van der Waals surface area contributed by atoms with Crippen LogP contribution < -0.4 is 5.73 Å². The highest BCUT2D eigenvalue weighted by atomic mass is 79.9. The van der Waals surface area contributed by atoms with E-state index < -0.39 is 0 Å². The maximum Gasteiger partial charge on any atom is 0.325 e. The normalized spacial score (nSPS) is 13.9. The molecule has 1 amide bonds. The fourth-order valence-corrected chi connectivity index (χ4v) is 2.30. The minimum atomic E-state index is -0.373. The molecular weight excluding hydrogens is 324 g/mol. The average molecular weight is 341 g/mol. The summed E-state index contributed by atoms with van der Waals surface area (Å²) in [6.45, 7) is 2.07. The van der Waals surface area contributed by atoms with Gasteiger partial charge < -0.3 is 15.4 Å². The van der Waals surface area contributed by atoms with Crippen molar-refractivity contribution in [2.75, 3.05) is 18.9 Å². The summed E-state index contributed by atoms with van der Waals surface area (Å²) < 4.78 is 5.59. The molecule has 0 unspecified atom stereocenters. The molecule has 20 heavy (non-hydrogen) atoms. The molecule has 0 spiro atoms. The van der Waals surface area contributed by atoms with Crippen molar-refractivity contribution in [3.05, 3.63) is 28.2 Å². The molecule has 0 aromatic heterocycles. The zero-order chi connectivity index (χ0) is 14.7. The van der Waals surface area contributed by atoms with Gasteiger partial charge in [0.05, 0.1) is 6.61 Å². The number of ether oxygens (including phenoxy) is 1. The largest absolute Gasteiger partial charge is 0.465 e. The van der Waals surface area contributed by atoms with Gasteiger partial charge in [-0.25, -0.2) is 0 Å². The second kappa shape index (κ2) is 6.26. The van der Waals surface area contributed by atoms with Gasteiger partial charge >= 0.3 is 5.97 Å². The number of carbonyl (C=O) groups excluding carboxylic acids is 2. The van der Waals surface area contributed by atoms with Crippen LogP contribution >= 0.6 is 15.9 Å². The van der Waals surface area contributed by atoms with Gasteiger partial charge in [-0.3, -0.25) is 9.59 Å². The number of halogens is 1. The molecule has 108 valence electrons. The van der Waals surface area contributed by atoms with Crippen molar-refractivity contribution >= 4 is 33.5 Å². The van der Waals surface area contributed by atoms with Gasteiger partial charge in [0.1, 0.15) is 6.54 Å². The van der Waals surface area contributed by atoms with Crippen molar-refractivity contribution in [2.45, 2.75) is 25.8 Å². The summed E-state index contributed by atoms with van der Waals surface area (Å²) in [4.78, 5) is 25.7. The fraction of sp³-hybridized carbons (Fsp3) is 0.429. The van der Waals surface area contributed by atoms with Crippen LogP contribution in [-0.4, -0.2) is 36.0 Å². The van der Waals surface area contributed by atoms with Crippen LogP contribution in [0.4, 0.5) is 5.69 Å². The predicted molar refractivity (Wildman–Crippen MR) is 79.2 cm³/mol. The molecule has 0 heterocycles. The lowest BCUT2D eigenvalue weighted by Crippen LogP contribution is -2.38. The Morgan fingerprint density at radius 1 is 1.45 bits per heavy atom. The number of hydrogen-bond acceptors (Lipinski definition) is 4. The number of nitrogen functional groups attached to an aromatic ring is 1. The van der Waals surface area contributed by atoms with Gasteiger partial charge in [-0.2, -0.15) is 0 Å². The summed E-state index contributed by atoms with van der Waals surface area (Å²) in [5, 5.41) is 0. The monoisotopic (exact) mass is 340 g/mol. The van der Waals surface area contributed by atoms with E-state index in [9.17, 15) is 9.59 Å². The summed E-state index contributed by atoms with van der Waals surface area (Å²) >= 11 is 3.30. The SMILES string of the molecule is CCOC(=O)CN(C(=O)c1ccc(N)c(Br)c1)C1CC1. The highest BCUT2D eigenvalue weighted by molar-refractivity contribution is 9.10. The zero-order valence-electron chi connectivity index (χ0n) is 11.3. The lowest BCUT2D eigenvalue weighted by atomic mass is 10.2. The van der Waals surface area contributed by atoms with Gasteiger partial charge in [0.2, 0.25) is 0 Å². The fourth-order valence-electron chi connectivity index (χ4n) is 1.92. The van der Waals surface area contributed by atoms with Gasteiger partial charge in [0, 0.05) is 21.8 Å². The molecule has 2 rings (SSSR count). The van der Waals surface area contributed by atoms with E-state index in [0.717, 1.165) is 12.8 Å². The second-order valence-corrected chi connectivity index (χ2v) is 5.56. The van der Waals surface area contributed by atoms with E-state index in [-0.39, 0.29) is 24.5 Å². The first-order valence-corrected chi connectivity index (χ1v) is 7.33. The summed E-state index contributed by atoms with van der Waals surface area (Å²) in [6.07, 6.45) is 1.86. The molecule has 5 nitrogen and oxygen atoms in total. The summed E-state index contributed by atoms with van der Waals surface area (Å²) in [5.74, 6) is -0.538. The third-order valence-electron chi connectivity index (χ3n) is 3.10. The molecule has 1 aliphatic rings. The van der Waals surface area contributed by atoms with Crippen molar-refractivity contribution in [3.63, 3.8) is 0 Å². The molecule has 0 radical (unpaired) electrons. The number of rotatable bonds is 5. The number of carbonyl (C=O) groups is 2. The molecule has 0 saturated heterocycles. The Balaban J connectivity index is 2.14. The van der Waals surface area contributed by atoms with Crippen molar-refractivity contribution in [1.29, 1.82) is 0 Å². The van der Waals surface area contributed by atoms with E-state index in [2.05, 4.69) is 15.9 Å². The van der Waals surface area contributed by atoms with Gasteiger partial charge in [-0.1, -0.05) is 0 Å². The van der Waals surface area contributed by atoms with E-state index in [1.54, 1.807) is 30.0 Å². The van der Waals surface area contributed by atoms with Crippen LogP contribution in [0.3, 0.4) is 0 Å². The predicted octanol–water partition coefficient (Wildman–Crippen LogP) is 2.20. The zero-order valence-corrected chi connectivity index (χ0v) is 12.9. The van der Waals surface area contributed by atoms with Gasteiger partial charge in [0.15, 0.2) is 0 Å². The van der Waals surface area contributed by atoms with E-state index in [1.165, 1.54) is 0 Å². The van der Waals surface area contributed by atoms with Crippen molar-refractivity contribution < 1.29 is 14.3 Å². The number of anilines is 1. The van der Waals surface area contributed by atoms with Crippen LogP contribution in [-0.2, 0) is 9.53 Å². The molecule has 1 saturated carbocycles. The molecule has 0 atom stereocenters. The van der Waals surface area contributed by atoms with Gasteiger partial charge in [-0.05, 0) is 53.9 Å². The average Bonchev–Trinajstić information content (AvgIpc) is 3.23. The number of benzene rings is 1. The summed E-state index contributed by atoms with van der Waals surface area (Å²) in [6, 6.07) is 5.16. The minimum Gasteiger partial charge on any atom is -0.465 e. The second-order valence-electron chi connectivity index (χ2n) is 4.71. The minimum absolute atomic E-state index is 0.000659. The third kappa shape index (κ3) is 3.50. The molecule has 0 aliphatic heterocycles. The molecule has 6 heteroatoms. The molecule has 0 bridgehead atoms. The molecule has 1 fully saturated rings. The van der Waals surface area contributed by atoms with E-state index in [1.807, 2.05) is 0 Å². The van der Waals surface area contributed by atoms with Crippen LogP contribution in [0.25, 0.3) is 0 Å². The van der Waals surface area contributed by atoms with Gasteiger partial charge in [0.25, 0.3) is 5.91 Å². The lowest BCUT2D eigenvalue weighted by Gasteiger charge is -2.21. The summed E-state index contributed by atoms with van der Waals surface area (Å²) in [7, 11) is 0. The Kier molecular flexibility index (Phi) is 4.65. The molecule has 1 aromatic rings. The van der Waals surface area contributed by atoms with Crippen molar-refractivity contribution in [1.82, 2.24) is 4.90 Å². The number of amides is 1. The van der Waals surface area contributed by atoms with Crippen LogP contribution in [0.1, 0.15) is 30.1 Å². The summed E-state index contributed by atoms with van der Waals surface area (Å²) in [5.41, 5.74) is 6.80. The van der Waals surface area contributed by atoms with Crippen molar-refractivity contribution in [3.8, 4) is 0 Å². The highest BCUT2D eigenvalue weighted by Gasteiger charge is 2.34. The number of esters is 1. The Hall–Kier alpha value is -1.56. The Labute approximate surface area is 126 Å². The standard InChI is InChI=1S/C14H17BrN2O3/c1-2-20-13(18)8-17(10-4-5-10)14(19)9-3-6-12(16)11(15)7-9/h3,6-7,10H,2,4-5,8,16H2,1H3. The van der Waals surface area contributed by atoms with E-state index >= 15 is 0 Å². The van der Waals surface area contributed by atoms with Crippen LogP contribution in [0.2, 0.25) is 0 Å². The number of hydrogen-bond donors (Lipinski definition) is 1. The van der Waals surface area contributed by atoms with Crippen LogP contribution in [0.5, 0.6) is 0 Å². The molecule has 1 aliphatic carbocycles. The Morgan fingerprint density at radius 2 is 2.15 bits per heavy atom. The van der Waals surface area contributed by atoms with Crippen LogP contribution in [0.15, 0.2) is 22.7 Å². The lowest BCUT2D eigenvalue weighted by molar-refractivity contribution is -0.144. The first-order valence-electron chi connectivity index (χ1n) is 6.54. The first kappa shape index (κ1) is 14.8. The number of nitrogens with two attached hydrogens (primary N) is 1. The molecule has 1 aromatic carbocycles. The van der Waals surface area contributed by atoms with Crippen LogP contribution in [0, 0.1) is 0 Å². The van der Waals surface area contributed by atoms with Crippen molar-refractivity contribution in [2.24, 2.45) is 0 Å². The number of nitrogens with zero attached hydrogens (tertiary/aromatic N) is 1. The topological polar surface area (TPSA) is 72.6 Å². The Morgan fingerprint density at radius 3 is 2.70 bits per heavy atom. The smallest absolute Gasteiger partial charge is 0.325 e. The Bertz CT molecular complexity index is 529.